The van der Waals surface area contributed by atoms with Crippen molar-refractivity contribution in [3.05, 3.63) is 58.0 Å². The minimum Gasteiger partial charge on any atom is -0.486 e. The maximum absolute atomic E-state index is 12.6. The fourth-order valence-corrected chi connectivity index (χ4v) is 3.77. The Bertz CT molecular complexity index is 1120. The summed E-state index contributed by atoms with van der Waals surface area (Å²) in [6, 6.07) is 8.67. The number of anilines is 1. The second kappa shape index (κ2) is 8.68. The number of nitrogens with one attached hydrogen (secondary N) is 1. The van der Waals surface area contributed by atoms with Gasteiger partial charge in [0, 0.05) is 36.3 Å². The van der Waals surface area contributed by atoms with Gasteiger partial charge < -0.3 is 24.3 Å². The Labute approximate surface area is 177 Å². The maximum atomic E-state index is 12.6. The number of pyridine rings is 1. The van der Waals surface area contributed by atoms with E-state index < -0.39 is 0 Å². The van der Waals surface area contributed by atoms with Crippen LogP contribution in [0.4, 0.5) is 5.69 Å². The number of hydrogen-bond donors (Lipinski definition) is 1. The first-order valence-electron chi connectivity index (χ1n) is 9.52. The van der Waals surface area contributed by atoms with E-state index in [4.69, 9.17) is 9.47 Å². The fraction of sp³-hybridized carbons (Fsp3) is 0.286. The van der Waals surface area contributed by atoms with Crippen LogP contribution in [0.2, 0.25) is 0 Å². The number of amides is 1. The molecule has 0 spiro atoms. The maximum Gasteiger partial charge on any atom is 0.275 e. The minimum atomic E-state index is -0.326. The average Bonchev–Trinajstić information content (AvgIpc) is 3.24. The van der Waals surface area contributed by atoms with Gasteiger partial charge in [-0.2, -0.15) is 0 Å². The summed E-state index contributed by atoms with van der Waals surface area (Å²) in [6.07, 6.45) is 1.65. The van der Waals surface area contributed by atoms with Gasteiger partial charge in [-0.05, 0) is 38.4 Å². The largest absolute Gasteiger partial charge is 0.486 e. The highest BCUT2D eigenvalue weighted by molar-refractivity contribution is 7.13. The molecule has 30 heavy (non-hydrogen) atoms. The third kappa shape index (κ3) is 4.52. The first-order chi connectivity index (χ1) is 14.5. The predicted octanol–water partition coefficient (Wildman–Crippen LogP) is 2.56. The lowest BCUT2D eigenvalue weighted by Crippen LogP contribution is -2.26. The van der Waals surface area contributed by atoms with Crippen LogP contribution in [-0.2, 0) is 6.54 Å². The van der Waals surface area contributed by atoms with E-state index in [0.29, 0.717) is 47.6 Å². The zero-order chi connectivity index (χ0) is 21.1. The highest BCUT2D eigenvalue weighted by atomic mass is 32.1. The second-order valence-corrected chi connectivity index (χ2v) is 7.96. The number of thiazole rings is 1. The summed E-state index contributed by atoms with van der Waals surface area (Å²) in [4.78, 5) is 31.1. The summed E-state index contributed by atoms with van der Waals surface area (Å²) >= 11 is 1.38. The molecule has 0 fully saturated rings. The zero-order valence-corrected chi connectivity index (χ0v) is 17.6. The Morgan fingerprint density at radius 2 is 2.00 bits per heavy atom. The molecule has 1 aromatic carbocycles. The Morgan fingerprint density at radius 3 is 2.80 bits per heavy atom. The molecule has 1 amide bonds. The van der Waals surface area contributed by atoms with Crippen molar-refractivity contribution in [1.29, 1.82) is 0 Å². The fourth-order valence-electron chi connectivity index (χ4n) is 2.97. The van der Waals surface area contributed by atoms with Gasteiger partial charge in [0.05, 0.1) is 5.69 Å². The van der Waals surface area contributed by atoms with Crippen molar-refractivity contribution in [1.82, 2.24) is 14.5 Å². The van der Waals surface area contributed by atoms with Crippen LogP contribution in [0.3, 0.4) is 0 Å². The SMILES string of the molecule is CN(C)CCn1cc(NC(=O)c2csc(-c3ccc4c(c3)OCCO4)n2)ccc1=O. The number of likely N-dealkylation sites (N-methyl/N-ethyl adjacent to an activating group) is 1. The summed E-state index contributed by atoms with van der Waals surface area (Å²) in [5, 5.41) is 5.24. The first kappa shape index (κ1) is 20.1. The third-order valence-corrected chi connectivity index (χ3v) is 5.45. The highest BCUT2D eigenvalue weighted by Crippen LogP contribution is 2.35. The molecule has 0 aliphatic carbocycles. The van der Waals surface area contributed by atoms with Crippen molar-refractivity contribution in [3.8, 4) is 22.1 Å². The van der Waals surface area contributed by atoms with Gasteiger partial charge in [0.25, 0.3) is 11.5 Å². The van der Waals surface area contributed by atoms with Crippen LogP contribution in [-0.4, -0.2) is 54.2 Å². The van der Waals surface area contributed by atoms with Gasteiger partial charge in [-0.3, -0.25) is 9.59 Å². The van der Waals surface area contributed by atoms with Gasteiger partial charge >= 0.3 is 0 Å². The molecular formula is C21H22N4O4S. The average molecular weight is 426 g/mol. The summed E-state index contributed by atoms with van der Waals surface area (Å²) in [6.45, 7) is 2.32. The van der Waals surface area contributed by atoms with Crippen molar-refractivity contribution in [2.24, 2.45) is 0 Å². The van der Waals surface area contributed by atoms with E-state index in [-0.39, 0.29) is 11.5 Å². The monoisotopic (exact) mass is 426 g/mol. The summed E-state index contributed by atoms with van der Waals surface area (Å²) in [7, 11) is 3.89. The molecule has 1 aliphatic rings. The molecule has 8 nitrogen and oxygen atoms in total. The van der Waals surface area contributed by atoms with Crippen LogP contribution in [0.15, 0.2) is 46.7 Å². The molecule has 0 unspecified atom stereocenters. The lowest BCUT2D eigenvalue weighted by atomic mass is 10.2. The molecule has 1 N–H and O–H groups in total. The van der Waals surface area contributed by atoms with Crippen molar-refractivity contribution in [2.45, 2.75) is 6.54 Å². The standard InChI is InChI=1S/C21H22N4O4S/c1-24(2)7-8-25-12-15(4-6-19(25)26)22-20(27)16-13-30-21(23-16)14-3-5-17-18(11-14)29-10-9-28-17/h3-6,11-13H,7-10H2,1-2H3,(H,22,27). The number of carbonyl (C=O) groups is 1. The van der Waals surface area contributed by atoms with Crippen LogP contribution in [0.25, 0.3) is 10.6 Å². The first-order valence-corrected chi connectivity index (χ1v) is 10.4. The number of ether oxygens (including phenoxy) is 2. The van der Waals surface area contributed by atoms with Crippen molar-refractivity contribution in [2.75, 3.05) is 39.2 Å². The minimum absolute atomic E-state index is 0.107. The third-order valence-electron chi connectivity index (χ3n) is 4.56. The molecule has 4 rings (SSSR count). The quantitative estimate of drug-likeness (QED) is 0.652. The van der Waals surface area contributed by atoms with Gasteiger partial charge in [0.1, 0.15) is 23.9 Å². The van der Waals surface area contributed by atoms with Crippen LogP contribution in [0.5, 0.6) is 11.5 Å². The van der Waals surface area contributed by atoms with Gasteiger partial charge in [0.2, 0.25) is 0 Å². The molecule has 1 aliphatic heterocycles. The van der Waals surface area contributed by atoms with E-state index in [9.17, 15) is 9.59 Å². The van der Waals surface area contributed by atoms with E-state index in [1.54, 1.807) is 22.2 Å². The van der Waals surface area contributed by atoms with Gasteiger partial charge in [0.15, 0.2) is 11.5 Å². The summed E-state index contributed by atoms with van der Waals surface area (Å²) in [5.74, 6) is 1.07. The van der Waals surface area contributed by atoms with Gasteiger partial charge in [-0.1, -0.05) is 0 Å². The van der Waals surface area contributed by atoms with Crippen LogP contribution >= 0.6 is 11.3 Å². The van der Waals surface area contributed by atoms with Crippen LogP contribution < -0.4 is 20.3 Å². The molecule has 3 aromatic rings. The smallest absolute Gasteiger partial charge is 0.275 e. The van der Waals surface area contributed by atoms with Crippen LogP contribution in [0.1, 0.15) is 10.5 Å². The molecule has 0 saturated carbocycles. The van der Waals surface area contributed by atoms with Crippen molar-refractivity contribution < 1.29 is 14.3 Å². The number of nitrogens with zero attached hydrogens (tertiary/aromatic N) is 3. The zero-order valence-electron chi connectivity index (χ0n) is 16.8. The lowest BCUT2D eigenvalue weighted by molar-refractivity contribution is 0.102. The van der Waals surface area contributed by atoms with E-state index in [1.807, 2.05) is 37.2 Å². The summed E-state index contributed by atoms with van der Waals surface area (Å²) < 4.78 is 12.7. The van der Waals surface area contributed by atoms with E-state index in [2.05, 4.69) is 10.3 Å². The Balaban J connectivity index is 1.48. The van der Waals surface area contributed by atoms with Gasteiger partial charge in [-0.25, -0.2) is 4.98 Å². The Morgan fingerprint density at radius 1 is 1.20 bits per heavy atom. The molecule has 0 atom stereocenters. The Hall–Kier alpha value is -3.17. The summed E-state index contributed by atoms with van der Waals surface area (Å²) in [5.41, 5.74) is 1.62. The number of benzene rings is 1. The Kier molecular flexibility index (Phi) is 5.82. The molecule has 9 heteroatoms. The predicted molar refractivity (Wildman–Crippen MR) is 116 cm³/mol. The number of aromatic nitrogens is 2. The second-order valence-electron chi connectivity index (χ2n) is 7.10. The number of hydrogen-bond acceptors (Lipinski definition) is 7. The lowest BCUT2D eigenvalue weighted by Gasteiger charge is -2.18. The molecule has 3 heterocycles. The molecule has 0 bridgehead atoms. The molecule has 0 saturated heterocycles. The number of carbonyl (C=O) groups excluding carboxylic acids is 1. The van der Waals surface area contributed by atoms with E-state index in [1.165, 1.54) is 17.4 Å². The molecular weight excluding hydrogens is 404 g/mol. The number of rotatable bonds is 6. The van der Waals surface area contributed by atoms with E-state index >= 15 is 0 Å². The molecule has 2 aromatic heterocycles. The van der Waals surface area contributed by atoms with Gasteiger partial charge in [-0.15, -0.1) is 11.3 Å². The van der Waals surface area contributed by atoms with Crippen molar-refractivity contribution >= 4 is 22.9 Å². The van der Waals surface area contributed by atoms with E-state index in [0.717, 1.165) is 12.1 Å². The van der Waals surface area contributed by atoms with Crippen molar-refractivity contribution in [3.63, 3.8) is 0 Å². The normalized spacial score (nSPS) is 12.8. The molecule has 156 valence electrons. The molecule has 0 radical (unpaired) electrons. The topological polar surface area (TPSA) is 85.7 Å². The highest BCUT2D eigenvalue weighted by Gasteiger charge is 2.16. The van der Waals surface area contributed by atoms with Crippen LogP contribution in [0, 0.1) is 0 Å². The number of fused-ring (bicyclic) bond motifs is 1.